The molecule has 0 aliphatic rings. The first kappa shape index (κ1) is 16.2. The Morgan fingerprint density at radius 3 is 1.77 bits per heavy atom. The summed E-state index contributed by atoms with van der Waals surface area (Å²) in [6, 6.07) is 10.6. The SMILES string of the molecule is CC(C)(C(N)=O)c1ccc(S(=O)(=O)c2ccc(F)cc2)cc1. The second-order valence-corrected chi connectivity index (χ2v) is 7.42. The zero-order chi connectivity index (χ0) is 16.5. The number of sulfone groups is 1. The maximum atomic E-state index is 12.9. The number of amides is 1. The van der Waals surface area contributed by atoms with Crippen molar-refractivity contribution in [3.8, 4) is 0 Å². The smallest absolute Gasteiger partial charge is 0.227 e. The van der Waals surface area contributed by atoms with Gasteiger partial charge in [-0.15, -0.1) is 0 Å². The van der Waals surface area contributed by atoms with Crippen LogP contribution in [0.5, 0.6) is 0 Å². The zero-order valence-corrected chi connectivity index (χ0v) is 13.0. The number of hydrogen-bond acceptors (Lipinski definition) is 3. The monoisotopic (exact) mass is 321 g/mol. The summed E-state index contributed by atoms with van der Waals surface area (Å²) in [5, 5.41) is 0. The zero-order valence-electron chi connectivity index (χ0n) is 12.2. The number of hydrogen-bond donors (Lipinski definition) is 1. The summed E-state index contributed by atoms with van der Waals surface area (Å²) in [5.74, 6) is -1.00. The van der Waals surface area contributed by atoms with E-state index in [2.05, 4.69) is 0 Å². The van der Waals surface area contributed by atoms with Crippen LogP contribution in [0.2, 0.25) is 0 Å². The predicted molar refractivity (Wildman–Crippen MR) is 80.5 cm³/mol. The standard InChI is InChI=1S/C16H16FNO3S/c1-16(2,15(18)19)11-3-7-13(8-4-11)22(20,21)14-9-5-12(17)6-10-14/h3-10H,1-2H3,(H2,18,19). The van der Waals surface area contributed by atoms with Gasteiger partial charge >= 0.3 is 0 Å². The highest BCUT2D eigenvalue weighted by Gasteiger charge is 2.28. The van der Waals surface area contributed by atoms with Gasteiger partial charge in [0, 0.05) is 0 Å². The van der Waals surface area contributed by atoms with Crippen molar-refractivity contribution < 1.29 is 17.6 Å². The van der Waals surface area contributed by atoms with E-state index in [4.69, 9.17) is 5.73 Å². The van der Waals surface area contributed by atoms with Crippen molar-refractivity contribution in [3.05, 3.63) is 59.9 Å². The number of rotatable bonds is 4. The Balaban J connectivity index is 2.42. The molecule has 0 aromatic heterocycles. The molecule has 0 unspecified atom stereocenters. The lowest BCUT2D eigenvalue weighted by atomic mass is 9.84. The summed E-state index contributed by atoms with van der Waals surface area (Å²) in [5.41, 5.74) is 5.07. The van der Waals surface area contributed by atoms with Gasteiger partial charge in [-0.1, -0.05) is 12.1 Å². The van der Waals surface area contributed by atoms with Crippen LogP contribution in [-0.2, 0) is 20.0 Å². The molecule has 0 saturated carbocycles. The van der Waals surface area contributed by atoms with Crippen molar-refractivity contribution in [1.82, 2.24) is 0 Å². The fourth-order valence-electron chi connectivity index (χ4n) is 1.94. The highest BCUT2D eigenvalue weighted by Crippen LogP contribution is 2.26. The minimum absolute atomic E-state index is 0.0100. The normalized spacial score (nSPS) is 12.1. The summed E-state index contributed by atoms with van der Waals surface area (Å²) >= 11 is 0. The van der Waals surface area contributed by atoms with Crippen molar-refractivity contribution in [2.75, 3.05) is 0 Å². The van der Waals surface area contributed by atoms with E-state index < -0.39 is 27.0 Å². The number of primary amides is 1. The first-order chi connectivity index (χ1) is 10.2. The molecule has 6 heteroatoms. The van der Waals surface area contributed by atoms with Crippen molar-refractivity contribution in [3.63, 3.8) is 0 Å². The quantitative estimate of drug-likeness (QED) is 0.879. The largest absolute Gasteiger partial charge is 0.369 e. The Hall–Kier alpha value is -2.21. The first-order valence-electron chi connectivity index (χ1n) is 6.57. The van der Waals surface area contributed by atoms with Crippen LogP contribution >= 0.6 is 0 Å². The van der Waals surface area contributed by atoms with Gasteiger partial charge in [0.25, 0.3) is 0 Å². The van der Waals surface area contributed by atoms with Crippen LogP contribution in [0.3, 0.4) is 0 Å². The van der Waals surface area contributed by atoms with Gasteiger partial charge in [-0.2, -0.15) is 0 Å². The van der Waals surface area contributed by atoms with Crippen LogP contribution in [0.4, 0.5) is 4.39 Å². The Morgan fingerprint density at radius 1 is 0.955 bits per heavy atom. The van der Waals surface area contributed by atoms with E-state index in [1.807, 2.05) is 0 Å². The van der Waals surface area contributed by atoms with Crippen molar-refractivity contribution in [1.29, 1.82) is 0 Å². The lowest BCUT2D eigenvalue weighted by Gasteiger charge is -2.21. The van der Waals surface area contributed by atoms with Crippen molar-refractivity contribution in [2.24, 2.45) is 5.73 Å². The third kappa shape index (κ3) is 2.87. The minimum Gasteiger partial charge on any atom is -0.369 e. The number of nitrogens with two attached hydrogens (primary N) is 1. The summed E-state index contributed by atoms with van der Waals surface area (Å²) in [4.78, 5) is 11.5. The fraction of sp³-hybridized carbons (Fsp3) is 0.188. The molecule has 2 rings (SSSR count). The maximum absolute atomic E-state index is 12.9. The van der Waals surface area contributed by atoms with E-state index in [9.17, 15) is 17.6 Å². The summed E-state index contributed by atoms with van der Waals surface area (Å²) in [7, 11) is -3.72. The summed E-state index contributed by atoms with van der Waals surface area (Å²) in [6.45, 7) is 3.33. The van der Waals surface area contributed by atoms with Gasteiger partial charge in [0.1, 0.15) is 5.82 Å². The number of benzene rings is 2. The molecule has 0 saturated heterocycles. The molecule has 0 bridgehead atoms. The molecular weight excluding hydrogens is 305 g/mol. The van der Waals surface area contributed by atoms with Gasteiger partial charge in [-0.3, -0.25) is 4.79 Å². The first-order valence-corrected chi connectivity index (χ1v) is 8.05. The van der Waals surface area contributed by atoms with Gasteiger partial charge in [-0.25, -0.2) is 12.8 Å². The fourth-order valence-corrected chi connectivity index (χ4v) is 3.20. The predicted octanol–water partition coefficient (Wildman–Crippen LogP) is 2.42. The average Bonchev–Trinajstić information content (AvgIpc) is 2.47. The third-order valence-electron chi connectivity index (χ3n) is 3.63. The third-order valence-corrected chi connectivity index (χ3v) is 5.41. The topological polar surface area (TPSA) is 77.2 Å². The number of carbonyl (C=O) groups excluding carboxylic acids is 1. The van der Waals surface area contributed by atoms with E-state index in [1.54, 1.807) is 26.0 Å². The molecule has 2 aromatic rings. The molecule has 116 valence electrons. The molecule has 0 radical (unpaired) electrons. The molecule has 0 heterocycles. The highest BCUT2D eigenvalue weighted by molar-refractivity contribution is 7.91. The molecule has 0 spiro atoms. The van der Waals surface area contributed by atoms with E-state index in [0.717, 1.165) is 12.1 Å². The Morgan fingerprint density at radius 2 is 1.36 bits per heavy atom. The molecule has 2 N–H and O–H groups in total. The molecule has 0 aliphatic carbocycles. The van der Waals surface area contributed by atoms with Crippen molar-refractivity contribution in [2.45, 2.75) is 29.1 Å². The number of carbonyl (C=O) groups is 1. The number of halogens is 1. The molecular formula is C16H16FNO3S. The second-order valence-electron chi connectivity index (χ2n) is 5.47. The Bertz CT molecular complexity index is 794. The second kappa shape index (κ2) is 5.53. The molecule has 1 amide bonds. The van der Waals surface area contributed by atoms with E-state index in [1.165, 1.54) is 24.3 Å². The van der Waals surface area contributed by atoms with Crippen LogP contribution in [0.25, 0.3) is 0 Å². The minimum atomic E-state index is -3.72. The Kier molecular flexibility index (Phi) is 4.06. The van der Waals surface area contributed by atoms with Crippen LogP contribution in [0.1, 0.15) is 19.4 Å². The van der Waals surface area contributed by atoms with Crippen LogP contribution in [-0.4, -0.2) is 14.3 Å². The van der Waals surface area contributed by atoms with E-state index >= 15 is 0 Å². The Labute approximate surface area is 128 Å². The van der Waals surface area contributed by atoms with E-state index in [0.29, 0.717) is 5.56 Å². The molecule has 0 aliphatic heterocycles. The van der Waals surface area contributed by atoms with Gasteiger partial charge in [0.2, 0.25) is 15.7 Å². The van der Waals surface area contributed by atoms with Gasteiger partial charge in [-0.05, 0) is 55.8 Å². The van der Waals surface area contributed by atoms with Gasteiger partial charge < -0.3 is 5.73 Å². The lowest BCUT2D eigenvalue weighted by molar-refractivity contribution is -0.122. The lowest BCUT2D eigenvalue weighted by Crippen LogP contribution is -2.35. The van der Waals surface area contributed by atoms with E-state index in [-0.39, 0.29) is 9.79 Å². The molecule has 2 aromatic carbocycles. The molecule has 0 fully saturated rings. The van der Waals surface area contributed by atoms with Crippen LogP contribution < -0.4 is 5.73 Å². The summed E-state index contributed by atoms with van der Waals surface area (Å²) in [6.07, 6.45) is 0. The molecule has 4 nitrogen and oxygen atoms in total. The highest BCUT2D eigenvalue weighted by atomic mass is 32.2. The van der Waals surface area contributed by atoms with Crippen molar-refractivity contribution >= 4 is 15.7 Å². The van der Waals surface area contributed by atoms with Gasteiger partial charge in [0.15, 0.2) is 0 Å². The van der Waals surface area contributed by atoms with Crippen LogP contribution in [0, 0.1) is 5.82 Å². The molecule has 22 heavy (non-hydrogen) atoms. The maximum Gasteiger partial charge on any atom is 0.227 e. The molecule has 0 atom stereocenters. The summed E-state index contributed by atoms with van der Waals surface area (Å²) < 4.78 is 37.8. The van der Waals surface area contributed by atoms with Gasteiger partial charge in [0.05, 0.1) is 15.2 Å². The average molecular weight is 321 g/mol. The van der Waals surface area contributed by atoms with Crippen LogP contribution in [0.15, 0.2) is 58.3 Å².